The molecule has 2 rings (SSSR count). The molecule has 0 aliphatic rings. The summed E-state index contributed by atoms with van der Waals surface area (Å²) in [4.78, 5) is 4.61. The van der Waals surface area contributed by atoms with Crippen molar-refractivity contribution in [2.24, 2.45) is 4.99 Å². The van der Waals surface area contributed by atoms with Crippen LogP contribution in [0.2, 0.25) is 0 Å². The van der Waals surface area contributed by atoms with Gasteiger partial charge in [-0.25, -0.2) is 9.38 Å². The molecule has 7 heteroatoms. The van der Waals surface area contributed by atoms with E-state index >= 15 is 0 Å². The van der Waals surface area contributed by atoms with Gasteiger partial charge in [-0.15, -0.1) is 24.0 Å². The zero-order valence-electron chi connectivity index (χ0n) is 17.1. The summed E-state index contributed by atoms with van der Waals surface area (Å²) >= 11 is 0. The van der Waals surface area contributed by atoms with Crippen LogP contribution < -0.4 is 15.4 Å². The van der Waals surface area contributed by atoms with E-state index in [1.54, 1.807) is 19.2 Å². The summed E-state index contributed by atoms with van der Waals surface area (Å²) in [5, 5.41) is 6.47. The molecule has 0 aliphatic carbocycles. The molecule has 0 unspecified atom stereocenters. The van der Waals surface area contributed by atoms with Crippen molar-refractivity contribution in [3.05, 3.63) is 65.5 Å². The van der Waals surface area contributed by atoms with Crippen LogP contribution in [-0.4, -0.2) is 39.4 Å². The number of rotatable bonds is 11. The molecule has 2 aromatic rings. The normalized spacial score (nSPS) is 10.9. The van der Waals surface area contributed by atoms with Crippen LogP contribution >= 0.6 is 24.0 Å². The minimum Gasteiger partial charge on any atom is -0.493 e. The average Bonchev–Trinajstić information content (AvgIpc) is 2.71. The van der Waals surface area contributed by atoms with Crippen LogP contribution in [0.5, 0.6) is 5.75 Å². The minimum absolute atomic E-state index is 0. The molecule has 0 saturated carbocycles. The Labute approximate surface area is 190 Å². The van der Waals surface area contributed by atoms with Gasteiger partial charge >= 0.3 is 0 Å². The third kappa shape index (κ3) is 9.94. The van der Waals surface area contributed by atoms with Crippen LogP contribution in [-0.2, 0) is 17.7 Å². The van der Waals surface area contributed by atoms with Crippen LogP contribution in [0.3, 0.4) is 0 Å². The highest BCUT2D eigenvalue weighted by Crippen LogP contribution is 2.14. The van der Waals surface area contributed by atoms with Crippen molar-refractivity contribution in [3.63, 3.8) is 0 Å². The zero-order valence-corrected chi connectivity index (χ0v) is 19.4. The monoisotopic (exact) mass is 515 g/mol. The van der Waals surface area contributed by atoms with Crippen LogP contribution in [0.15, 0.2) is 53.5 Å². The highest BCUT2D eigenvalue weighted by Gasteiger charge is 2.03. The first-order chi connectivity index (χ1) is 13.7. The lowest BCUT2D eigenvalue weighted by atomic mass is 10.1. The van der Waals surface area contributed by atoms with Gasteiger partial charge in [0.25, 0.3) is 0 Å². The van der Waals surface area contributed by atoms with Gasteiger partial charge in [0.15, 0.2) is 5.96 Å². The number of halogens is 2. The predicted octanol–water partition coefficient (Wildman–Crippen LogP) is 4.16. The molecular formula is C22H31FIN3O2. The van der Waals surface area contributed by atoms with Gasteiger partial charge in [-0.2, -0.15) is 0 Å². The second-order valence-electron chi connectivity index (χ2n) is 6.31. The van der Waals surface area contributed by atoms with Crippen molar-refractivity contribution in [1.29, 1.82) is 0 Å². The summed E-state index contributed by atoms with van der Waals surface area (Å²) in [6, 6.07) is 14.8. The lowest BCUT2D eigenvalue weighted by Gasteiger charge is -2.12. The van der Waals surface area contributed by atoms with E-state index in [1.165, 1.54) is 6.07 Å². The van der Waals surface area contributed by atoms with Gasteiger partial charge in [0.1, 0.15) is 11.6 Å². The summed E-state index contributed by atoms with van der Waals surface area (Å²) < 4.78 is 24.5. The van der Waals surface area contributed by atoms with E-state index < -0.39 is 0 Å². The van der Waals surface area contributed by atoms with Crippen LogP contribution in [0.25, 0.3) is 0 Å². The van der Waals surface area contributed by atoms with Crippen LogP contribution in [0.1, 0.15) is 24.5 Å². The van der Waals surface area contributed by atoms with E-state index in [0.717, 1.165) is 24.3 Å². The molecule has 0 heterocycles. The standard InChI is InChI=1S/C22H30FN3O2.HI/c1-3-24-22(25-13-12-19-9-4-5-11-21(19)23)26-17-18-8-6-10-20(16-18)28-15-7-14-27-2;/h4-6,8-11,16H,3,7,12-15,17H2,1-2H3,(H2,24,25,26);1H. The number of guanidine groups is 1. The van der Waals surface area contributed by atoms with Gasteiger partial charge in [0.05, 0.1) is 13.2 Å². The fourth-order valence-corrected chi connectivity index (χ4v) is 2.66. The Balaban J connectivity index is 0.00000420. The number of hydrogen-bond acceptors (Lipinski definition) is 3. The molecule has 2 N–H and O–H groups in total. The molecule has 5 nitrogen and oxygen atoms in total. The van der Waals surface area contributed by atoms with Crippen molar-refractivity contribution < 1.29 is 13.9 Å². The van der Waals surface area contributed by atoms with Crippen molar-refractivity contribution in [1.82, 2.24) is 10.6 Å². The van der Waals surface area contributed by atoms with E-state index in [2.05, 4.69) is 15.6 Å². The van der Waals surface area contributed by atoms with Crippen molar-refractivity contribution in [3.8, 4) is 5.75 Å². The van der Waals surface area contributed by atoms with Gasteiger partial charge in [-0.3, -0.25) is 0 Å². The average molecular weight is 515 g/mol. The third-order valence-corrected chi connectivity index (χ3v) is 4.07. The Morgan fingerprint density at radius 3 is 2.66 bits per heavy atom. The third-order valence-electron chi connectivity index (χ3n) is 4.07. The van der Waals surface area contributed by atoms with E-state index in [0.29, 0.717) is 44.2 Å². The highest BCUT2D eigenvalue weighted by atomic mass is 127. The zero-order chi connectivity index (χ0) is 20.0. The minimum atomic E-state index is -0.173. The fraction of sp³-hybridized carbons (Fsp3) is 0.409. The van der Waals surface area contributed by atoms with Crippen LogP contribution in [0, 0.1) is 5.82 Å². The molecule has 0 bridgehead atoms. The molecule has 0 fully saturated rings. The van der Waals surface area contributed by atoms with E-state index in [4.69, 9.17) is 9.47 Å². The summed E-state index contributed by atoms with van der Waals surface area (Å²) in [6.45, 7) is 5.23. The molecule has 29 heavy (non-hydrogen) atoms. The van der Waals surface area contributed by atoms with Gasteiger partial charge in [0.2, 0.25) is 0 Å². The second-order valence-corrected chi connectivity index (χ2v) is 6.31. The Bertz CT molecular complexity index is 744. The van der Waals surface area contributed by atoms with E-state index in [1.807, 2.05) is 37.3 Å². The molecule has 0 amide bonds. The van der Waals surface area contributed by atoms with Crippen molar-refractivity contribution >= 4 is 29.9 Å². The second kappa shape index (κ2) is 15.0. The Kier molecular flexibility index (Phi) is 13.0. The number of benzene rings is 2. The first-order valence-corrected chi connectivity index (χ1v) is 9.69. The fourth-order valence-electron chi connectivity index (χ4n) is 2.66. The van der Waals surface area contributed by atoms with Gasteiger partial charge in [-0.05, 0) is 42.7 Å². The summed E-state index contributed by atoms with van der Waals surface area (Å²) in [5.74, 6) is 1.38. The lowest BCUT2D eigenvalue weighted by molar-refractivity contribution is 0.172. The molecular weight excluding hydrogens is 484 g/mol. The SMILES string of the molecule is CCNC(=NCc1cccc(OCCCOC)c1)NCCc1ccccc1F.I. The van der Waals surface area contributed by atoms with Crippen LogP contribution in [0.4, 0.5) is 4.39 Å². The summed E-state index contributed by atoms with van der Waals surface area (Å²) in [5.41, 5.74) is 1.76. The van der Waals surface area contributed by atoms with E-state index in [-0.39, 0.29) is 29.8 Å². The maximum Gasteiger partial charge on any atom is 0.191 e. The molecule has 0 saturated heterocycles. The maximum atomic E-state index is 13.7. The largest absolute Gasteiger partial charge is 0.493 e. The van der Waals surface area contributed by atoms with Gasteiger partial charge < -0.3 is 20.1 Å². The molecule has 0 spiro atoms. The lowest BCUT2D eigenvalue weighted by Crippen LogP contribution is -2.38. The first-order valence-electron chi connectivity index (χ1n) is 9.69. The predicted molar refractivity (Wildman–Crippen MR) is 127 cm³/mol. The van der Waals surface area contributed by atoms with Gasteiger partial charge in [0, 0.05) is 33.2 Å². The molecule has 0 radical (unpaired) electrons. The molecule has 2 aromatic carbocycles. The molecule has 0 aromatic heterocycles. The van der Waals surface area contributed by atoms with E-state index in [9.17, 15) is 4.39 Å². The highest BCUT2D eigenvalue weighted by molar-refractivity contribution is 14.0. The number of aliphatic imine (C=N–C) groups is 1. The quantitative estimate of drug-likeness (QED) is 0.204. The molecule has 0 aliphatic heterocycles. The Hall–Kier alpha value is -1.87. The van der Waals surface area contributed by atoms with Crippen molar-refractivity contribution in [2.75, 3.05) is 33.4 Å². The topological polar surface area (TPSA) is 54.9 Å². The maximum absolute atomic E-state index is 13.7. The number of methoxy groups -OCH3 is 1. The number of hydrogen-bond donors (Lipinski definition) is 2. The Morgan fingerprint density at radius 2 is 1.90 bits per heavy atom. The number of nitrogens with zero attached hydrogens (tertiary/aromatic N) is 1. The Morgan fingerprint density at radius 1 is 1.07 bits per heavy atom. The molecule has 0 atom stereocenters. The van der Waals surface area contributed by atoms with Gasteiger partial charge in [-0.1, -0.05) is 30.3 Å². The summed E-state index contributed by atoms with van der Waals surface area (Å²) in [6.07, 6.45) is 1.46. The van der Waals surface area contributed by atoms with Crippen molar-refractivity contribution in [2.45, 2.75) is 26.3 Å². The summed E-state index contributed by atoms with van der Waals surface area (Å²) in [7, 11) is 1.69. The smallest absolute Gasteiger partial charge is 0.191 e. The first kappa shape index (κ1) is 25.2. The number of ether oxygens (including phenoxy) is 2. The molecule has 160 valence electrons. The number of nitrogens with one attached hydrogen (secondary N) is 2.